The second kappa shape index (κ2) is 8.68. The number of carbonyl (C=O) groups excluding carboxylic acids is 2. The highest BCUT2D eigenvalue weighted by atomic mass is 35.5. The number of quaternary nitrogens is 1. The highest BCUT2D eigenvalue weighted by Crippen LogP contribution is 2.39. The van der Waals surface area contributed by atoms with Crippen LogP contribution in [0.25, 0.3) is 5.76 Å². The van der Waals surface area contributed by atoms with Gasteiger partial charge in [0.05, 0.1) is 45.9 Å². The standard InChI is InChI=1S/C22H23ClN2O4/c1-24(2)12-13-25-19(14-6-10-17(29-3)11-7-14)18(21(27)22(25)28)20(26)15-4-8-16(23)9-5-15/h4-11,19,26H,12-13H2,1-3H3/p+1/t19-/m0/s1. The molecule has 1 amide bonds. The minimum Gasteiger partial charge on any atom is -0.507 e. The summed E-state index contributed by atoms with van der Waals surface area (Å²) < 4.78 is 5.21. The van der Waals surface area contributed by atoms with Gasteiger partial charge in [0.1, 0.15) is 11.5 Å². The average molecular weight is 416 g/mol. The second-order valence-corrected chi connectivity index (χ2v) is 7.67. The predicted molar refractivity (Wildman–Crippen MR) is 111 cm³/mol. The molecule has 1 atom stereocenters. The van der Waals surface area contributed by atoms with Gasteiger partial charge in [0.2, 0.25) is 0 Å². The molecule has 2 aromatic carbocycles. The Hall–Kier alpha value is -2.83. The number of Topliss-reactive ketones (excluding diaryl/α,β-unsaturated/α-hetero) is 1. The van der Waals surface area contributed by atoms with Crippen LogP contribution >= 0.6 is 11.6 Å². The number of likely N-dealkylation sites (tertiary alicyclic amines) is 1. The van der Waals surface area contributed by atoms with Crippen LogP contribution in [0.4, 0.5) is 0 Å². The molecule has 0 aliphatic carbocycles. The van der Waals surface area contributed by atoms with E-state index in [2.05, 4.69) is 0 Å². The molecule has 1 saturated heterocycles. The molecule has 1 aliphatic rings. The number of hydrogen-bond acceptors (Lipinski definition) is 4. The molecule has 0 bridgehead atoms. The zero-order valence-electron chi connectivity index (χ0n) is 16.6. The minimum atomic E-state index is -0.688. The van der Waals surface area contributed by atoms with E-state index >= 15 is 0 Å². The number of aliphatic hydroxyl groups excluding tert-OH is 1. The van der Waals surface area contributed by atoms with Gasteiger partial charge >= 0.3 is 0 Å². The summed E-state index contributed by atoms with van der Waals surface area (Å²) in [7, 11) is 5.53. The lowest BCUT2D eigenvalue weighted by Crippen LogP contribution is -3.06. The number of nitrogens with one attached hydrogen (secondary N) is 1. The number of ketones is 1. The van der Waals surface area contributed by atoms with Crippen molar-refractivity contribution in [3.63, 3.8) is 0 Å². The van der Waals surface area contributed by atoms with E-state index in [-0.39, 0.29) is 11.3 Å². The third kappa shape index (κ3) is 4.28. The molecule has 0 radical (unpaired) electrons. The van der Waals surface area contributed by atoms with E-state index in [1.54, 1.807) is 55.6 Å². The van der Waals surface area contributed by atoms with Crippen LogP contribution in [-0.2, 0) is 9.59 Å². The lowest BCUT2D eigenvalue weighted by atomic mass is 9.95. The van der Waals surface area contributed by atoms with Crippen molar-refractivity contribution in [3.05, 3.63) is 70.3 Å². The van der Waals surface area contributed by atoms with Crippen molar-refractivity contribution < 1.29 is 24.3 Å². The van der Waals surface area contributed by atoms with E-state index < -0.39 is 17.7 Å². The number of rotatable bonds is 6. The van der Waals surface area contributed by atoms with Gasteiger partial charge in [-0.1, -0.05) is 23.7 Å². The molecular formula is C22H24ClN2O4+. The van der Waals surface area contributed by atoms with E-state index in [0.29, 0.717) is 29.4 Å². The van der Waals surface area contributed by atoms with Gasteiger partial charge in [-0.15, -0.1) is 0 Å². The van der Waals surface area contributed by atoms with Crippen LogP contribution < -0.4 is 9.64 Å². The fourth-order valence-electron chi connectivity index (χ4n) is 3.35. The van der Waals surface area contributed by atoms with E-state index in [1.807, 2.05) is 14.1 Å². The molecule has 2 N–H and O–H groups in total. The van der Waals surface area contributed by atoms with E-state index in [1.165, 1.54) is 4.90 Å². The quantitative estimate of drug-likeness (QED) is 0.429. The SMILES string of the molecule is COc1ccc([C@H]2C(=C(O)c3ccc(Cl)cc3)C(=O)C(=O)N2CC[NH+](C)C)cc1. The topological polar surface area (TPSA) is 71.3 Å². The molecule has 29 heavy (non-hydrogen) atoms. The van der Waals surface area contributed by atoms with Crippen LogP contribution in [0.3, 0.4) is 0 Å². The highest BCUT2D eigenvalue weighted by Gasteiger charge is 2.46. The summed E-state index contributed by atoms with van der Waals surface area (Å²) in [5, 5.41) is 11.5. The molecule has 152 valence electrons. The maximum absolute atomic E-state index is 12.9. The van der Waals surface area contributed by atoms with Crippen molar-refractivity contribution in [2.45, 2.75) is 6.04 Å². The second-order valence-electron chi connectivity index (χ2n) is 7.23. The molecule has 1 aliphatic heterocycles. The molecule has 6 nitrogen and oxygen atoms in total. The first-order valence-corrected chi connectivity index (χ1v) is 9.68. The smallest absolute Gasteiger partial charge is 0.295 e. The Kier molecular flexibility index (Phi) is 6.25. The third-order valence-electron chi connectivity index (χ3n) is 4.94. The molecule has 0 aromatic heterocycles. The van der Waals surface area contributed by atoms with Crippen LogP contribution in [-0.4, -0.2) is 56.0 Å². The van der Waals surface area contributed by atoms with Gasteiger partial charge in [-0.05, 0) is 42.0 Å². The van der Waals surface area contributed by atoms with Crippen LogP contribution in [0.2, 0.25) is 5.02 Å². The van der Waals surface area contributed by atoms with Gasteiger partial charge in [0.25, 0.3) is 11.7 Å². The summed E-state index contributed by atoms with van der Waals surface area (Å²) in [5.41, 5.74) is 1.25. The number of hydrogen-bond donors (Lipinski definition) is 2. The van der Waals surface area contributed by atoms with Crippen LogP contribution in [0.5, 0.6) is 5.75 Å². The summed E-state index contributed by atoms with van der Waals surface area (Å²) in [6.07, 6.45) is 0. The van der Waals surface area contributed by atoms with E-state index in [0.717, 1.165) is 10.5 Å². The molecule has 0 saturated carbocycles. The fourth-order valence-corrected chi connectivity index (χ4v) is 3.48. The van der Waals surface area contributed by atoms with Crippen LogP contribution in [0.15, 0.2) is 54.1 Å². The number of amides is 1. The lowest BCUT2D eigenvalue weighted by molar-refractivity contribution is -0.857. The molecule has 7 heteroatoms. The van der Waals surface area contributed by atoms with E-state index in [9.17, 15) is 14.7 Å². The first-order chi connectivity index (χ1) is 13.8. The Morgan fingerprint density at radius 3 is 2.28 bits per heavy atom. The number of halogens is 1. The summed E-state index contributed by atoms with van der Waals surface area (Å²) in [5.74, 6) is -0.837. The first-order valence-electron chi connectivity index (χ1n) is 9.30. The Labute approximate surface area is 174 Å². The summed E-state index contributed by atoms with van der Waals surface area (Å²) in [6, 6.07) is 13.0. The lowest BCUT2D eigenvalue weighted by Gasteiger charge is -2.25. The monoisotopic (exact) mass is 415 g/mol. The Morgan fingerprint density at radius 2 is 1.72 bits per heavy atom. The summed E-state index contributed by atoms with van der Waals surface area (Å²) in [4.78, 5) is 28.4. The van der Waals surface area contributed by atoms with Crippen molar-refractivity contribution >= 4 is 29.1 Å². The van der Waals surface area contributed by atoms with Crippen LogP contribution in [0.1, 0.15) is 17.2 Å². The van der Waals surface area contributed by atoms with Crippen molar-refractivity contribution in [1.82, 2.24) is 4.90 Å². The average Bonchev–Trinajstić information content (AvgIpc) is 2.97. The number of ether oxygens (including phenoxy) is 1. The number of likely N-dealkylation sites (N-methyl/N-ethyl adjacent to an activating group) is 1. The molecule has 1 heterocycles. The normalized spacial score (nSPS) is 18.5. The number of aliphatic hydroxyl groups is 1. The Morgan fingerprint density at radius 1 is 1.10 bits per heavy atom. The van der Waals surface area contributed by atoms with Crippen molar-refractivity contribution in [2.75, 3.05) is 34.3 Å². The third-order valence-corrected chi connectivity index (χ3v) is 5.19. The minimum absolute atomic E-state index is 0.0799. The maximum atomic E-state index is 12.9. The zero-order valence-corrected chi connectivity index (χ0v) is 17.4. The molecule has 3 rings (SSSR count). The molecule has 1 fully saturated rings. The fraction of sp³-hybridized carbons (Fsp3) is 0.273. The Balaban J connectivity index is 2.12. The summed E-state index contributed by atoms with van der Waals surface area (Å²) in [6.45, 7) is 1.06. The molecule has 2 aromatic rings. The van der Waals surface area contributed by atoms with Gasteiger partial charge in [0.15, 0.2) is 0 Å². The van der Waals surface area contributed by atoms with Crippen LogP contribution in [0, 0.1) is 0 Å². The van der Waals surface area contributed by atoms with Crippen molar-refractivity contribution in [2.24, 2.45) is 0 Å². The molecule has 0 unspecified atom stereocenters. The number of benzene rings is 2. The maximum Gasteiger partial charge on any atom is 0.295 e. The molecule has 0 spiro atoms. The largest absolute Gasteiger partial charge is 0.507 e. The first kappa shape index (κ1) is 20.9. The van der Waals surface area contributed by atoms with Crippen molar-refractivity contribution in [3.8, 4) is 5.75 Å². The highest BCUT2D eigenvalue weighted by molar-refractivity contribution is 6.46. The number of carbonyl (C=O) groups is 2. The van der Waals surface area contributed by atoms with E-state index in [4.69, 9.17) is 16.3 Å². The number of nitrogens with zero attached hydrogens (tertiary/aromatic N) is 1. The van der Waals surface area contributed by atoms with Gasteiger partial charge in [-0.3, -0.25) is 9.59 Å². The van der Waals surface area contributed by atoms with Gasteiger partial charge in [-0.25, -0.2) is 0 Å². The zero-order chi connectivity index (χ0) is 21.1. The predicted octanol–water partition coefficient (Wildman–Crippen LogP) is 1.91. The Bertz CT molecular complexity index is 936. The van der Waals surface area contributed by atoms with Crippen molar-refractivity contribution in [1.29, 1.82) is 0 Å². The number of methoxy groups -OCH3 is 1. The van der Waals surface area contributed by atoms with Gasteiger partial charge in [-0.2, -0.15) is 0 Å². The summed E-state index contributed by atoms with van der Waals surface area (Å²) >= 11 is 5.93. The van der Waals surface area contributed by atoms with Gasteiger partial charge in [0, 0.05) is 10.6 Å². The van der Waals surface area contributed by atoms with Gasteiger partial charge < -0.3 is 19.6 Å². The molecular weight excluding hydrogens is 392 g/mol.